The molecule has 1 N–H and O–H groups in total. The van der Waals surface area contributed by atoms with Crippen molar-refractivity contribution in [3.63, 3.8) is 0 Å². The quantitative estimate of drug-likeness (QED) is 0.397. The van der Waals surface area contributed by atoms with E-state index in [-0.39, 0.29) is 0 Å². The molecule has 0 spiro atoms. The Morgan fingerprint density at radius 3 is 2.46 bits per heavy atom. The van der Waals surface area contributed by atoms with Crippen molar-refractivity contribution in [2.45, 2.75) is 6.18 Å². The Morgan fingerprint density at radius 1 is 1.00 bits per heavy atom. The minimum atomic E-state index is -4.34. The fraction of sp³-hybridized carbons (Fsp3) is 0.0625. The van der Waals surface area contributed by atoms with E-state index in [2.05, 4.69) is 26.9 Å². The molecule has 4 rings (SSSR count). The van der Waals surface area contributed by atoms with Crippen LogP contribution in [0.3, 0.4) is 0 Å². The number of H-pyrrole nitrogens is 1. The number of aromatic amines is 1. The maximum atomic E-state index is 12.5. The molecule has 0 radical (unpaired) electrons. The molecule has 0 fully saturated rings. The first-order valence-electron chi connectivity index (χ1n) is 6.93. The predicted octanol–water partition coefficient (Wildman–Crippen LogP) is 2.21. The molecule has 0 aliphatic carbocycles. The van der Waals surface area contributed by atoms with Crippen LogP contribution < -0.4 is 4.52 Å². The lowest BCUT2D eigenvalue weighted by atomic mass is 10.1. The van der Waals surface area contributed by atoms with Gasteiger partial charge in [-0.2, -0.15) is 18.3 Å². The Bertz CT molecular complexity index is 1090. The van der Waals surface area contributed by atoms with Crippen molar-refractivity contribution in [2.75, 3.05) is 0 Å². The summed E-state index contributed by atoms with van der Waals surface area (Å²) in [5.41, 5.74) is 1.80. The first kappa shape index (κ1) is 14.3. The fourth-order valence-corrected chi connectivity index (χ4v) is 2.31. The molecule has 3 aromatic heterocycles. The third-order valence-electron chi connectivity index (χ3n) is 3.43. The van der Waals surface area contributed by atoms with Gasteiger partial charge in [-0.1, -0.05) is 16.5 Å². The van der Waals surface area contributed by atoms with Crippen molar-refractivity contribution < 1.29 is 17.7 Å². The molecule has 0 atom stereocenters. The molecule has 24 heavy (non-hydrogen) atoms. The molecule has 5 nitrogen and oxygen atoms in total. The number of hydrogen-bond donors (Lipinski definition) is 1. The van der Waals surface area contributed by atoms with Crippen molar-refractivity contribution in [1.29, 1.82) is 0 Å². The minimum Gasteiger partial charge on any atom is -0.214 e. The van der Waals surface area contributed by atoms with Crippen molar-refractivity contribution in [3.05, 3.63) is 65.7 Å². The number of alkyl halides is 3. The summed E-state index contributed by atoms with van der Waals surface area (Å²) in [6.45, 7) is 0. The first-order valence-corrected chi connectivity index (χ1v) is 6.93. The standard InChI is InChI=1S/C16H9F3N5/c17-16(18,19)13-5-3-11(4-6-13)1-2-12-9-23-15-14(20-7-8-21-15)22-24(23)10-12/h3-10H,(H,20,22)/q+1. The second-order valence-corrected chi connectivity index (χ2v) is 5.07. The second-order valence-electron chi connectivity index (χ2n) is 5.07. The summed E-state index contributed by atoms with van der Waals surface area (Å²) >= 11 is 0. The summed E-state index contributed by atoms with van der Waals surface area (Å²) in [6.07, 6.45) is 2.35. The zero-order chi connectivity index (χ0) is 16.7. The molecular weight excluding hydrogens is 319 g/mol. The summed E-state index contributed by atoms with van der Waals surface area (Å²) in [5, 5.41) is 3.03. The number of rotatable bonds is 0. The highest BCUT2D eigenvalue weighted by atomic mass is 19.4. The van der Waals surface area contributed by atoms with E-state index in [1.807, 2.05) is 0 Å². The van der Waals surface area contributed by atoms with Crippen LogP contribution in [0.25, 0.3) is 11.3 Å². The zero-order valence-electron chi connectivity index (χ0n) is 12.0. The fourth-order valence-electron chi connectivity index (χ4n) is 2.31. The van der Waals surface area contributed by atoms with Gasteiger partial charge >= 0.3 is 11.8 Å². The summed E-state index contributed by atoms with van der Waals surface area (Å²) in [4.78, 5) is 8.38. The van der Waals surface area contributed by atoms with Crippen LogP contribution in [0.15, 0.2) is 49.1 Å². The maximum Gasteiger partial charge on any atom is 0.416 e. The highest BCUT2D eigenvalue weighted by molar-refractivity contribution is 5.58. The van der Waals surface area contributed by atoms with Crippen molar-refractivity contribution in [3.8, 4) is 11.8 Å². The first-order chi connectivity index (χ1) is 11.5. The van der Waals surface area contributed by atoms with Gasteiger partial charge in [-0.25, -0.2) is 4.98 Å². The summed E-state index contributed by atoms with van der Waals surface area (Å²) in [6, 6.07) is 4.75. The van der Waals surface area contributed by atoms with E-state index < -0.39 is 11.7 Å². The molecule has 118 valence electrons. The predicted molar refractivity (Wildman–Crippen MR) is 77.9 cm³/mol. The van der Waals surface area contributed by atoms with Crippen LogP contribution in [0, 0.1) is 11.8 Å². The Labute approximate surface area is 133 Å². The number of benzene rings is 1. The molecule has 0 aliphatic heterocycles. The molecule has 0 saturated carbocycles. The van der Waals surface area contributed by atoms with Crippen molar-refractivity contribution in [2.24, 2.45) is 0 Å². The van der Waals surface area contributed by atoms with Crippen LogP contribution in [-0.2, 0) is 6.18 Å². The Balaban J connectivity index is 1.66. The molecule has 0 saturated heterocycles. The van der Waals surface area contributed by atoms with Gasteiger partial charge in [0.05, 0.1) is 23.5 Å². The SMILES string of the molecule is FC(F)(F)c1ccc(C#Cc2cn3[nH]c4nccnc4[n+]3c2)cc1. The van der Waals surface area contributed by atoms with Crippen LogP contribution >= 0.6 is 0 Å². The van der Waals surface area contributed by atoms with E-state index in [1.54, 1.807) is 33.9 Å². The van der Waals surface area contributed by atoms with E-state index in [0.29, 0.717) is 22.4 Å². The number of hydrogen-bond acceptors (Lipinski definition) is 2. The van der Waals surface area contributed by atoms with Gasteiger partial charge in [0.25, 0.3) is 5.65 Å². The van der Waals surface area contributed by atoms with Gasteiger partial charge in [-0.3, -0.25) is 0 Å². The number of nitrogens with zero attached hydrogens (tertiary/aromatic N) is 4. The average Bonchev–Trinajstić information content (AvgIpc) is 3.10. The van der Waals surface area contributed by atoms with Gasteiger partial charge in [0.15, 0.2) is 0 Å². The summed E-state index contributed by atoms with van der Waals surface area (Å²) in [7, 11) is 0. The average molecular weight is 328 g/mol. The second kappa shape index (κ2) is 5.09. The number of fused-ring (bicyclic) bond motifs is 3. The van der Waals surface area contributed by atoms with Gasteiger partial charge in [0.1, 0.15) is 12.4 Å². The molecule has 0 unspecified atom stereocenters. The molecule has 1 aromatic carbocycles. The molecule has 8 heteroatoms. The molecule has 3 heterocycles. The molecule has 0 bridgehead atoms. The smallest absolute Gasteiger partial charge is 0.214 e. The van der Waals surface area contributed by atoms with Crippen LogP contribution in [0.5, 0.6) is 0 Å². The Kier molecular flexibility index (Phi) is 3.03. The van der Waals surface area contributed by atoms with Crippen LogP contribution in [0.1, 0.15) is 16.7 Å². The van der Waals surface area contributed by atoms with E-state index >= 15 is 0 Å². The summed E-state index contributed by atoms with van der Waals surface area (Å²) in [5.74, 6) is 5.76. The van der Waals surface area contributed by atoms with Crippen LogP contribution in [0.2, 0.25) is 0 Å². The Hall–Kier alpha value is -3.34. The van der Waals surface area contributed by atoms with Crippen LogP contribution in [0.4, 0.5) is 13.2 Å². The van der Waals surface area contributed by atoms with Gasteiger partial charge in [0, 0.05) is 5.56 Å². The lowest BCUT2D eigenvalue weighted by Crippen LogP contribution is -2.24. The van der Waals surface area contributed by atoms with Crippen molar-refractivity contribution in [1.82, 2.24) is 19.7 Å². The van der Waals surface area contributed by atoms with Gasteiger partial charge in [-0.15, -0.1) is 9.50 Å². The third kappa shape index (κ3) is 2.46. The lowest BCUT2D eigenvalue weighted by molar-refractivity contribution is -0.594. The molecule has 0 amide bonds. The maximum absolute atomic E-state index is 12.5. The van der Waals surface area contributed by atoms with Gasteiger partial charge in [0.2, 0.25) is 0 Å². The normalized spacial score (nSPS) is 11.6. The zero-order valence-corrected chi connectivity index (χ0v) is 12.0. The monoisotopic (exact) mass is 328 g/mol. The van der Waals surface area contributed by atoms with Gasteiger partial charge < -0.3 is 0 Å². The molecular formula is C16H9F3N5+. The molecule has 4 aromatic rings. The van der Waals surface area contributed by atoms with E-state index in [4.69, 9.17) is 0 Å². The number of nitrogens with one attached hydrogen (secondary N) is 1. The largest absolute Gasteiger partial charge is 0.416 e. The number of aromatic nitrogens is 5. The van der Waals surface area contributed by atoms with E-state index in [0.717, 1.165) is 12.1 Å². The minimum absolute atomic E-state index is 0.507. The highest BCUT2D eigenvalue weighted by Gasteiger charge is 2.29. The van der Waals surface area contributed by atoms with Crippen LogP contribution in [-0.4, -0.2) is 19.7 Å². The molecule has 0 aliphatic rings. The van der Waals surface area contributed by atoms with Crippen molar-refractivity contribution >= 4 is 11.3 Å². The topological polar surface area (TPSA) is 50.1 Å². The summed E-state index contributed by atoms with van der Waals surface area (Å²) < 4.78 is 41.0. The third-order valence-corrected chi connectivity index (χ3v) is 3.43. The Morgan fingerprint density at radius 2 is 1.71 bits per heavy atom. The number of halogens is 3. The van der Waals surface area contributed by atoms with E-state index in [1.165, 1.54) is 12.1 Å². The highest BCUT2D eigenvalue weighted by Crippen LogP contribution is 2.28. The van der Waals surface area contributed by atoms with Gasteiger partial charge in [-0.05, 0) is 24.3 Å². The lowest BCUT2D eigenvalue weighted by Gasteiger charge is -2.05. The van der Waals surface area contributed by atoms with E-state index in [9.17, 15) is 13.2 Å².